The first-order chi connectivity index (χ1) is 23.1. The van der Waals surface area contributed by atoms with Crippen molar-refractivity contribution in [3.63, 3.8) is 0 Å². The van der Waals surface area contributed by atoms with Gasteiger partial charge in [0, 0.05) is 42.7 Å². The number of nitrogens with zero attached hydrogens (tertiary/aromatic N) is 7. The second-order valence-electron chi connectivity index (χ2n) is 12.6. The van der Waals surface area contributed by atoms with Crippen LogP contribution in [-0.4, -0.2) is 48.9 Å². The zero-order chi connectivity index (χ0) is 35.2. The molecule has 17 heteroatoms. The number of benzene rings is 2. The van der Waals surface area contributed by atoms with E-state index in [1.54, 1.807) is 6.07 Å². The minimum Gasteiger partial charge on any atom is -0.481 e. The first kappa shape index (κ1) is 34.3. The molecule has 49 heavy (non-hydrogen) atoms. The number of fused-ring (bicyclic) bond motifs is 1. The molecule has 4 aromatic rings. The fourth-order valence-corrected chi connectivity index (χ4v) is 7.00. The number of halogens is 8. The highest BCUT2D eigenvalue weighted by atomic mass is 19.4. The van der Waals surface area contributed by atoms with Gasteiger partial charge in [0.1, 0.15) is 5.82 Å². The number of hydrogen-bond acceptors (Lipinski definition) is 7. The van der Waals surface area contributed by atoms with Gasteiger partial charge in [0.25, 0.3) is 5.95 Å². The molecule has 1 unspecified atom stereocenters. The summed E-state index contributed by atoms with van der Waals surface area (Å²) in [5.74, 6) is -3.10. The van der Waals surface area contributed by atoms with Gasteiger partial charge in [-0.05, 0) is 85.6 Å². The third kappa shape index (κ3) is 7.39. The lowest BCUT2D eigenvalue weighted by Crippen LogP contribution is -2.39. The van der Waals surface area contributed by atoms with E-state index in [0.717, 1.165) is 29.8 Å². The van der Waals surface area contributed by atoms with Crippen LogP contribution in [0.4, 0.5) is 46.9 Å². The van der Waals surface area contributed by atoms with Crippen LogP contribution in [-0.2, 0) is 37.3 Å². The molecule has 1 atom stereocenters. The van der Waals surface area contributed by atoms with E-state index in [-0.39, 0.29) is 47.0 Å². The van der Waals surface area contributed by atoms with Crippen molar-refractivity contribution in [3.05, 3.63) is 70.3 Å². The number of pyridine rings is 1. The number of aromatic nitrogens is 5. The van der Waals surface area contributed by atoms with E-state index in [4.69, 9.17) is 4.98 Å². The summed E-state index contributed by atoms with van der Waals surface area (Å²) in [4.78, 5) is 20.8. The lowest BCUT2D eigenvalue weighted by atomic mass is 9.78. The average molecular weight is 698 g/mol. The van der Waals surface area contributed by atoms with Gasteiger partial charge in [0.2, 0.25) is 0 Å². The third-order valence-corrected chi connectivity index (χ3v) is 9.31. The minimum absolute atomic E-state index is 0.0465. The van der Waals surface area contributed by atoms with Crippen molar-refractivity contribution >= 4 is 28.6 Å². The molecule has 6 rings (SSSR count). The number of carbonyl (C=O) groups is 1. The first-order valence-corrected chi connectivity index (χ1v) is 15.6. The van der Waals surface area contributed by atoms with Gasteiger partial charge in [-0.3, -0.25) is 4.79 Å². The Bertz CT molecular complexity index is 1820. The summed E-state index contributed by atoms with van der Waals surface area (Å²) in [6, 6.07) is 4.72. The van der Waals surface area contributed by atoms with Crippen molar-refractivity contribution in [2.45, 2.75) is 70.0 Å². The van der Waals surface area contributed by atoms with Crippen LogP contribution >= 0.6 is 0 Å². The van der Waals surface area contributed by atoms with Crippen molar-refractivity contribution in [2.24, 2.45) is 18.9 Å². The van der Waals surface area contributed by atoms with Crippen LogP contribution in [0.1, 0.15) is 60.8 Å². The summed E-state index contributed by atoms with van der Waals surface area (Å²) >= 11 is 0. The molecule has 2 aromatic carbocycles. The number of hydrogen-bond donors (Lipinski definition) is 1. The SMILES string of the molecule is Cn1nnc(N(Cc2cc(C(F)(F)F)cc(C(F)(F)F)c2)Cc2cc3cc(F)c(F)cc3nc2N2CCCC2C2CCC(C(=O)O)CC2)n1. The van der Waals surface area contributed by atoms with Crippen molar-refractivity contribution in [1.82, 2.24) is 25.2 Å². The van der Waals surface area contributed by atoms with E-state index in [0.29, 0.717) is 55.7 Å². The lowest BCUT2D eigenvalue weighted by molar-refractivity contribution is -0.144. The molecule has 2 aromatic heterocycles. The van der Waals surface area contributed by atoms with E-state index in [2.05, 4.69) is 15.4 Å². The van der Waals surface area contributed by atoms with E-state index in [1.165, 1.54) is 11.9 Å². The van der Waals surface area contributed by atoms with Gasteiger partial charge < -0.3 is 14.9 Å². The van der Waals surface area contributed by atoms with E-state index < -0.39 is 53.5 Å². The topological polar surface area (TPSA) is 100 Å². The number of aliphatic carboxylic acids is 1. The summed E-state index contributed by atoms with van der Waals surface area (Å²) < 4.78 is 111. The van der Waals surface area contributed by atoms with Gasteiger partial charge in [-0.1, -0.05) is 5.10 Å². The molecule has 2 aliphatic rings. The van der Waals surface area contributed by atoms with Crippen LogP contribution < -0.4 is 9.80 Å². The Hall–Kier alpha value is -4.57. The van der Waals surface area contributed by atoms with Crippen molar-refractivity contribution in [3.8, 4) is 0 Å². The minimum atomic E-state index is -5.06. The summed E-state index contributed by atoms with van der Waals surface area (Å²) in [6.45, 7) is -0.170. The smallest absolute Gasteiger partial charge is 0.416 e. The molecule has 1 saturated carbocycles. The molecule has 2 fully saturated rings. The molecular formula is C32H31F8N7O2. The highest BCUT2D eigenvalue weighted by molar-refractivity contribution is 5.82. The van der Waals surface area contributed by atoms with Gasteiger partial charge in [-0.15, -0.1) is 5.10 Å². The Kier molecular flexibility index (Phi) is 9.13. The largest absolute Gasteiger partial charge is 0.481 e. The second-order valence-corrected chi connectivity index (χ2v) is 12.6. The molecule has 0 amide bonds. The number of aryl methyl sites for hydroxylation is 1. The van der Waals surface area contributed by atoms with Gasteiger partial charge >= 0.3 is 18.3 Å². The molecule has 0 radical (unpaired) electrons. The zero-order valence-corrected chi connectivity index (χ0v) is 26.1. The van der Waals surface area contributed by atoms with Crippen LogP contribution in [0.15, 0.2) is 36.4 Å². The summed E-state index contributed by atoms with van der Waals surface area (Å²) in [5.41, 5.74) is -2.72. The van der Waals surface area contributed by atoms with Crippen LogP contribution in [0.2, 0.25) is 0 Å². The van der Waals surface area contributed by atoms with Crippen LogP contribution in [0, 0.1) is 23.5 Å². The number of alkyl halides is 6. The predicted molar refractivity (Wildman–Crippen MR) is 160 cm³/mol. The highest BCUT2D eigenvalue weighted by Gasteiger charge is 2.39. The summed E-state index contributed by atoms with van der Waals surface area (Å²) in [6.07, 6.45) is -6.25. The van der Waals surface area contributed by atoms with Crippen molar-refractivity contribution in [1.29, 1.82) is 0 Å². The number of anilines is 2. The molecule has 1 saturated heterocycles. The summed E-state index contributed by atoms with van der Waals surface area (Å²) in [7, 11) is 1.44. The highest BCUT2D eigenvalue weighted by Crippen LogP contribution is 2.41. The number of carboxylic acid groups (broad SMARTS) is 1. The predicted octanol–water partition coefficient (Wildman–Crippen LogP) is 7.14. The monoisotopic (exact) mass is 697 g/mol. The maximum Gasteiger partial charge on any atom is 0.416 e. The van der Waals surface area contributed by atoms with E-state index in [1.807, 2.05) is 4.90 Å². The van der Waals surface area contributed by atoms with Crippen LogP contribution in [0.25, 0.3) is 10.9 Å². The van der Waals surface area contributed by atoms with Gasteiger partial charge in [-0.2, -0.15) is 31.1 Å². The molecule has 1 N–H and O–H groups in total. The molecule has 3 heterocycles. The Balaban J connectivity index is 1.42. The van der Waals surface area contributed by atoms with Gasteiger partial charge in [-0.25, -0.2) is 13.8 Å². The first-order valence-electron chi connectivity index (χ1n) is 15.6. The van der Waals surface area contributed by atoms with Gasteiger partial charge in [0.05, 0.1) is 29.6 Å². The van der Waals surface area contributed by atoms with E-state index in [9.17, 15) is 45.0 Å². The van der Waals surface area contributed by atoms with Crippen LogP contribution in [0.3, 0.4) is 0 Å². The normalized spacial score (nSPS) is 20.3. The average Bonchev–Trinajstić information content (AvgIpc) is 3.70. The Labute approximate surface area is 274 Å². The molecule has 9 nitrogen and oxygen atoms in total. The number of carboxylic acids is 1. The zero-order valence-electron chi connectivity index (χ0n) is 26.1. The Morgan fingerprint density at radius 1 is 0.898 bits per heavy atom. The molecule has 262 valence electrons. The number of tetrazole rings is 1. The Morgan fingerprint density at radius 3 is 2.14 bits per heavy atom. The molecular weight excluding hydrogens is 666 g/mol. The lowest BCUT2D eigenvalue weighted by Gasteiger charge is -2.37. The molecule has 1 aliphatic carbocycles. The fraction of sp³-hybridized carbons (Fsp3) is 0.469. The molecule has 0 spiro atoms. The molecule has 1 aliphatic heterocycles. The summed E-state index contributed by atoms with van der Waals surface area (Å²) in [5, 5.41) is 21.6. The fourth-order valence-electron chi connectivity index (χ4n) is 7.00. The standard InChI is InChI=1S/C32H31F8N7O2/c1-45-43-30(42-44-45)46(15-17-9-22(31(35,36)37)13-23(10-17)32(38,39)40)16-21-11-20-12-24(33)25(34)14-26(20)41-28(21)47-8-2-3-27(47)18-4-6-19(7-5-18)29(48)49/h9-14,18-19,27H,2-8,15-16H2,1H3,(H,48,49). The molecule has 0 bridgehead atoms. The van der Waals surface area contributed by atoms with Crippen LogP contribution in [0.5, 0.6) is 0 Å². The third-order valence-electron chi connectivity index (χ3n) is 9.31. The maximum atomic E-state index is 14.4. The van der Waals surface area contributed by atoms with Gasteiger partial charge in [0.15, 0.2) is 11.6 Å². The Morgan fingerprint density at radius 2 is 1.55 bits per heavy atom. The van der Waals surface area contributed by atoms with Crippen molar-refractivity contribution in [2.75, 3.05) is 16.3 Å². The maximum absolute atomic E-state index is 14.4. The second kappa shape index (κ2) is 13.0. The van der Waals surface area contributed by atoms with Crippen molar-refractivity contribution < 1.29 is 45.0 Å². The van der Waals surface area contributed by atoms with E-state index >= 15 is 0 Å². The quantitative estimate of drug-likeness (QED) is 0.194. The number of rotatable bonds is 8.